The molecule has 1 aromatic rings. The zero-order valence-electron chi connectivity index (χ0n) is 9.41. The van der Waals surface area contributed by atoms with Crippen LogP contribution in [0.15, 0.2) is 11.0 Å². The smallest absolute Gasteiger partial charge is 0.241 e. The van der Waals surface area contributed by atoms with Crippen LogP contribution in [0.25, 0.3) is 0 Å². The molecule has 1 aromatic carbocycles. The Hall–Kier alpha value is -0.530. The molecule has 5 nitrogen and oxygen atoms in total. The summed E-state index contributed by atoms with van der Waals surface area (Å²) in [7, 11) is -2.39. The maximum Gasteiger partial charge on any atom is 0.241 e. The van der Waals surface area contributed by atoms with Crippen molar-refractivity contribution in [1.82, 2.24) is 4.72 Å². The number of aliphatic hydroxyl groups excluding tert-OH is 1. The zero-order valence-corrected chi connectivity index (χ0v) is 11.7. The molecule has 1 unspecified atom stereocenters. The topological polar surface area (TPSA) is 75.6 Å². The van der Waals surface area contributed by atoms with Gasteiger partial charge in [0.1, 0.15) is 21.8 Å². The van der Waals surface area contributed by atoms with Gasteiger partial charge in [0.2, 0.25) is 10.0 Å². The van der Waals surface area contributed by atoms with Crippen molar-refractivity contribution in [1.29, 1.82) is 0 Å². The molecular formula is C10H11Cl2NO4S. The normalized spacial score (nSPS) is 18.6. The van der Waals surface area contributed by atoms with E-state index in [0.717, 1.165) is 0 Å². The first kappa shape index (κ1) is 13.9. The number of hydrogen-bond acceptors (Lipinski definition) is 4. The highest BCUT2D eigenvalue weighted by Crippen LogP contribution is 2.43. The second-order valence-electron chi connectivity index (χ2n) is 3.83. The van der Waals surface area contributed by atoms with Crippen LogP contribution in [0, 0.1) is 0 Å². The van der Waals surface area contributed by atoms with Crippen LogP contribution < -0.4 is 9.46 Å². The summed E-state index contributed by atoms with van der Waals surface area (Å²) in [6.07, 6.45) is -0.0179. The molecule has 2 rings (SSSR count). The SMILES string of the molecule is CNS(=O)(=O)c1cc2c(c(Cl)c1Cl)OC(CO)C2. The summed E-state index contributed by atoms with van der Waals surface area (Å²) in [6, 6.07) is 1.42. The fourth-order valence-electron chi connectivity index (χ4n) is 1.78. The molecular weight excluding hydrogens is 301 g/mol. The molecule has 1 aliphatic heterocycles. The van der Waals surface area contributed by atoms with Crippen LogP contribution >= 0.6 is 23.2 Å². The summed E-state index contributed by atoms with van der Waals surface area (Å²) in [4.78, 5) is -0.0855. The Labute approximate surface area is 115 Å². The van der Waals surface area contributed by atoms with Gasteiger partial charge in [-0.1, -0.05) is 23.2 Å². The van der Waals surface area contributed by atoms with Crippen molar-refractivity contribution in [3.8, 4) is 5.75 Å². The zero-order chi connectivity index (χ0) is 13.5. The van der Waals surface area contributed by atoms with Crippen LogP contribution in [0.5, 0.6) is 5.75 Å². The van der Waals surface area contributed by atoms with Crippen molar-refractivity contribution in [3.63, 3.8) is 0 Å². The molecule has 100 valence electrons. The number of aliphatic hydroxyl groups is 1. The summed E-state index contributed by atoms with van der Waals surface area (Å²) in [5.74, 6) is 0.343. The van der Waals surface area contributed by atoms with E-state index >= 15 is 0 Å². The third-order valence-corrected chi connectivity index (χ3v) is 5.10. The van der Waals surface area contributed by atoms with E-state index in [0.29, 0.717) is 17.7 Å². The van der Waals surface area contributed by atoms with Gasteiger partial charge in [0.05, 0.1) is 11.6 Å². The summed E-state index contributed by atoms with van der Waals surface area (Å²) in [6.45, 7) is -0.170. The lowest BCUT2D eigenvalue weighted by Gasteiger charge is -2.10. The first-order chi connectivity index (χ1) is 8.40. The Kier molecular flexibility index (Phi) is 3.75. The minimum absolute atomic E-state index is 0.0546. The van der Waals surface area contributed by atoms with Gasteiger partial charge in [0, 0.05) is 12.0 Å². The molecule has 0 spiro atoms. The number of hydrogen-bond donors (Lipinski definition) is 2. The Balaban J connectivity index is 2.59. The van der Waals surface area contributed by atoms with Gasteiger partial charge in [-0.3, -0.25) is 0 Å². The number of sulfonamides is 1. The first-order valence-electron chi connectivity index (χ1n) is 5.12. The van der Waals surface area contributed by atoms with Gasteiger partial charge in [-0.05, 0) is 13.1 Å². The van der Waals surface area contributed by atoms with Crippen LogP contribution in [0.4, 0.5) is 0 Å². The van der Waals surface area contributed by atoms with E-state index < -0.39 is 16.1 Å². The summed E-state index contributed by atoms with van der Waals surface area (Å²) in [5.41, 5.74) is 0.622. The molecule has 0 saturated heterocycles. The van der Waals surface area contributed by atoms with Crippen LogP contribution in [-0.2, 0) is 16.4 Å². The van der Waals surface area contributed by atoms with Gasteiger partial charge in [0.25, 0.3) is 0 Å². The second-order valence-corrected chi connectivity index (χ2v) is 6.44. The number of nitrogens with one attached hydrogen (secondary N) is 1. The Bertz CT molecular complexity index is 588. The highest BCUT2D eigenvalue weighted by atomic mass is 35.5. The van der Waals surface area contributed by atoms with E-state index in [1.54, 1.807) is 0 Å². The third kappa shape index (κ3) is 2.19. The van der Waals surface area contributed by atoms with Gasteiger partial charge in [-0.25, -0.2) is 13.1 Å². The standard InChI is InChI=1S/C10H11Cl2NO4S/c1-13-18(15,16)7-3-5-2-6(4-14)17-10(5)9(12)8(7)11/h3,6,13-14H,2,4H2,1H3. The molecule has 0 bridgehead atoms. The van der Waals surface area contributed by atoms with Crippen LogP contribution in [-0.4, -0.2) is 33.3 Å². The summed E-state index contributed by atoms with van der Waals surface area (Å²) in [5, 5.41) is 9.02. The van der Waals surface area contributed by atoms with E-state index in [2.05, 4.69) is 4.72 Å². The quantitative estimate of drug-likeness (QED) is 0.879. The number of fused-ring (bicyclic) bond motifs is 1. The lowest BCUT2D eigenvalue weighted by atomic mass is 10.1. The van der Waals surface area contributed by atoms with E-state index in [-0.39, 0.29) is 21.5 Å². The predicted octanol–water partition coefficient (Wildman–Crippen LogP) is 1.20. The minimum atomic E-state index is -3.68. The molecule has 1 heterocycles. The van der Waals surface area contributed by atoms with Crippen molar-refractivity contribution in [2.75, 3.05) is 13.7 Å². The molecule has 1 atom stereocenters. The van der Waals surface area contributed by atoms with Crippen LogP contribution in [0.2, 0.25) is 10.0 Å². The molecule has 0 fully saturated rings. The number of halogens is 2. The van der Waals surface area contributed by atoms with Crippen LogP contribution in [0.3, 0.4) is 0 Å². The van der Waals surface area contributed by atoms with Crippen molar-refractivity contribution in [2.45, 2.75) is 17.4 Å². The molecule has 1 aliphatic rings. The summed E-state index contributed by atoms with van der Waals surface area (Å²) >= 11 is 11.9. The second kappa shape index (κ2) is 4.86. The predicted molar refractivity (Wildman–Crippen MR) is 67.9 cm³/mol. The summed E-state index contributed by atoms with van der Waals surface area (Å²) < 4.78 is 31.1. The van der Waals surface area contributed by atoms with Crippen LogP contribution in [0.1, 0.15) is 5.56 Å². The molecule has 8 heteroatoms. The number of ether oxygens (including phenoxy) is 1. The van der Waals surface area contributed by atoms with Crippen molar-refractivity contribution in [3.05, 3.63) is 21.7 Å². The van der Waals surface area contributed by atoms with Crippen molar-refractivity contribution >= 4 is 33.2 Å². The Morgan fingerprint density at radius 3 is 2.72 bits per heavy atom. The van der Waals surface area contributed by atoms with Gasteiger partial charge in [-0.15, -0.1) is 0 Å². The molecule has 2 N–H and O–H groups in total. The molecule has 18 heavy (non-hydrogen) atoms. The van der Waals surface area contributed by atoms with E-state index in [1.165, 1.54) is 13.1 Å². The number of benzene rings is 1. The van der Waals surface area contributed by atoms with E-state index in [9.17, 15) is 8.42 Å². The molecule has 0 amide bonds. The lowest BCUT2D eigenvalue weighted by molar-refractivity contribution is 0.134. The Morgan fingerprint density at radius 1 is 1.50 bits per heavy atom. The number of rotatable bonds is 3. The van der Waals surface area contributed by atoms with Crippen molar-refractivity contribution in [2.24, 2.45) is 0 Å². The maximum atomic E-state index is 11.8. The lowest BCUT2D eigenvalue weighted by Crippen LogP contribution is -2.19. The van der Waals surface area contributed by atoms with Crippen molar-refractivity contribution < 1.29 is 18.3 Å². The monoisotopic (exact) mass is 311 g/mol. The average Bonchev–Trinajstić information content (AvgIpc) is 2.77. The molecule has 0 aliphatic carbocycles. The third-order valence-electron chi connectivity index (χ3n) is 2.70. The largest absolute Gasteiger partial charge is 0.486 e. The van der Waals surface area contributed by atoms with Gasteiger partial charge < -0.3 is 9.84 Å². The molecule has 0 radical (unpaired) electrons. The highest BCUT2D eigenvalue weighted by Gasteiger charge is 2.30. The minimum Gasteiger partial charge on any atom is -0.486 e. The van der Waals surface area contributed by atoms with Gasteiger partial charge in [-0.2, -0.15) is 0 Å². The van der Waals surface area contributed by atoms with E-state index in [4.69, 9.17) is 33.0 Å². The first-order valence-corrected chi connectivity index (χ1v) is 7.36. The highest BCUT2D eigenvalue weighted by molar-refractivity contribution is 7.89. The van der Waals surface area contributed by atoms with Gasteiger partial charge >= 0.3 is 0 Å². The molecule has 0 aromatic heterocycles. The van der Waals surface area contributed by atoms with Gasteiger partial charge in [0.15, 0.2) is 0 Å². The van der Waals surface area contributed by atoms with E-state index in [1.807, 2.05) is 0 Å². The average molecular weight is 312 g/mol. The Morgan fingerprint density at radius 2 is 2.17 bits per heavy atom. The maximum absolute atomic E-state index is 11.8. The fourth-order valence-corrected chi connectivity index (χ4v) is 3.40. The fraction of sp³-hybridized carbons (Fsp3) is 0.400. The molecule has 0 saturated carbocycles.